The lowest BCUT2D eigenvalue weighted by molar-refractivity contribution is -0.384. The Hall–Kier alpha value is -3.02. The van der Waals surface area contributed by atoms with Crippen molar-refractivity contribution in [3.05, 3.63) is 34.1 Å². The Morgan fingerprint density at radius 2 is 2.33 bits per heavy atom. The van der Waals surface area contributed by atoms with Crippen LogP contribution < -0.4 is 11.2 Å². The monoisotopic (exact) mass is 250 g/mol. The van der Waals surface area contributed by atoms with E-state index < -0.39 is 28.0 Å². The zero-order valence-electron chi connectivity index (χ0n) is 8.85. The van der Waals surface area contributed by atoms with Gasteiger partial charge in [-0.2, -0.15) is 10.4 Å². The second-order valence-corrected chi connectivity index (χ2v) is 3.02. The number of nitrogens with two attached hydrogens (primary N) is 1. The lowest BCUT2D eigenvalue weighted by atomic mass is 10.2. The first-order chi connectivity index (χ1) is 8.45. The van der Waals surface area contributed by atoms with Gasteiger partial charge in [0.15, 0.2) is 5.84 Å². The lowest BCUT2D eigenvalue weighted by Gasteiger charge is -2.02. The summed E-state index contributed by atoms with van der Waals surface area (Å²) in [6.45, 7) is 0. The molecule has 1 aromatic rings. The lowest BCUT2D eigenvalue weighted by Crippen LogP contribution is -2.22. The highest BCUT2D eigenvalue weighted by Crippen LogP contribution is 2.24. The number of hydrazone groups is 1. The fraction of sp³-hybridized carbons (Fsp3) is 0. The maximum absolute atomic E-state index is 12.9. The van der Waals surface area contributed by atoms with Gasteiger partial charge in [0.1, 0.15) is 17.6 Å². The van der Waals surface area contributed by atoms with Crippen LogP contribution in [0.25, 0.3) is 0 Å². The number of hydrogen-bond acceptors (Lipinski definition) is 6. The standard InChI is InChI=1S/C9H7FN6O2/c10-5-1-2-8(16(17)18)6(3-5)14-15-7(4-11)9(12)13/h1-3,14H,(H3,12,13)/b15-7+. The summed E-state index contributed by atoms with van der Waals surface area (Å²) in [5.74, 6) is -1.32. The first-order valence-corrected chi connectivity index (χ1v) is 4.48. The van der Waals surface area contributed by atoms with E-state index in [2.05, 4.69) is 10.5 Å². The van der Waals surface area contributed by atoms with Crippen LogP contribution in [0.15, 0.2) is 23.3 Å². The highest BCUT2D eigenvalue weighted by Gasteiger charge is 2.14. The van der Waals surface area contributed by atoms with E-state index >= 15 is 0 Å². The predicted octanol–water partition coefficient (Wildman–Crippen LogP) is 0.961. The zero-order chi connectivity index (χ0) is 13.7. The van der Waals surface area contributed by atoms with E-state index in [-0.39, 0.29) is 5.69 Å². The van der Waals surface area contributed by atoms with Crippen LogP contribution in [0.3, 0.4) is 0 Å². The normalized spacial score (nSPS) is 10.6. The Labute approximate surface area is 100 Å². The summed E-state index contributed by atoms with van der Waals surface area (Å²) in [6, 6.07) is 4.22. The minimum atomic E-state index is -0.739. The van der Waals surface area contributed by atoms with Crippen molar-refractivity contribution in [2.24, 2.45) is 10.8 Å². The van der Waals surface area contributed by atoms with Gasteiger partial charge in [0.2, 0.25) is 5.71 Å². The van der Waals surface area contributed by atoms with Crippen molar-refractivity contribution < 1.29 is 9.31 Å². The number of halogens is 1. The average Bonchev–Trinajstić information content (AvgIpc) is 2.29. The molecule has 0 saturated heterocycles. The third-order valence-corrected chi connectivity index (χ3v) is 1.80. The molecule has 0 aliphatic carbocycles. The van der Waals surface area contributed by atoms with Gasteiger partial charge in [0.05, 0.1) is 4.92 Å². The maximum atomic E-state index is 12.9. The molecule has 0 saturated carbocycles. The first kappa shape index (κ1) is 13.0. The summed E-state index contributed by atoms with van der Waals surface area (Å²) in [7, 11) is 0. The second kappa shape index (κ2) is 5.35. The Balaban J connectivity index is 3.11. The second-order valence-electron chi connectivity index (χ2n) is 3.02. The molecular weight excluding hydrogens is 243 g/mol. The van der Waals surface area contributed by atoms with Crippen molar-refractivity contribution in [3.8, 4) is 6.07 Å². The SMILES string of the molecule is N#C/C(=N\Nc1cc(F)ccc1[N+](=O)[O-])C(=N)N. The molecule has 8 nitrogen and oxygen atoms in total. The largest absolute Gasteiger partial charge is 0.382 e. The molecule has 4 N–H and O–H groups in total. The number of nitriles is 1. The molecule has 0 aromatic heterocycles. The summed E-state index contributed by atoms with van der Waals surface area (Å²) in [4.78, 5) is 9.90. The van der Waals surface area contributed by atoms with Crippen molar-refractivity contribution in [2.45, 2.75) is 0 Å². The fourth-order valence-corrected chi connectivity index (χ4v) is 1.02. The molecular formula is C9H7FN6O2. The number of nitro groups is 1. The Kier molecular flexibility index (Phi) is 3.88. The van der Waals surface area contributed by atoms with Crippen molar-refractivity contribution in [1.82, 2.24) is 0 Å². The van der Waals surface area contributed by atoms with Crippen LogP contribution >= 0.6 is 0 Å². The van der Waals surface area contributed by atoms with Crippen LogP contribution in [0.4, 0.5) is 15.8 Å². The number of nitrogens with zero attached hydrogens (tertiary/aromatic N) is 3. The Bertz CT molecular complexity index is 577. The molecule has 18 heavy (non-hydrogen) atoms. The van der Waals surface area contributed by atoms with E-state index in [1.165, 1.54) is 6.07 Å². The van der Waals surface area contributed by atoms with Crippen LogP contribution in [0.2, 0.25) is 0 Å². The molecule has 9 heteroatoms. The predicted molar refractivity (Wildman–Crippen MR) is 61.6 cm³/mol. The highest BCUT2D eigenvalue weighted by molar-refractivity contribution is 6.45. The van der Waals surface area contributed by atoms with Crippen LogP contribution in [0.1, 0.15) is 0 Å². The topological polar surface area (TPSA) is 141 Å². The van der Waals surface area contributed by atoms with E-state index in [0.29, 0.717) is 0 Å². The van der Waals surface area contributed by atoms with Crippen LogP contribution in [0, 0.1) is 32.7 Å². The number of nitrogens with one attached hydrogen (secondary N) is 2. The van der Waals surface area contributed by atoms with Crippen molar-refractivity contribution in [2.75, 3.05) is 5.43 Å². The van der Waals surface area contributed by atoms with Crippen molar-refractivity contribution >= 4 is 22.9 Å². The van der Waals surface area contributed by atoms with E-state index in [4.69, 9.17) is 16.4 Å². The summed E-state index contributed by atoms with van der Waals surface area (Å²) in [5.41, 5.74) is 6.03. The minimum absolute atomic E-state index is 0.242. The van der Waals surface area contributed by atoms with Gasteiger partial charge >= 0.3 is 0 Å². The Morgan fingerprint density at radius 1 is 1.67 bits per heavy atom. The molecule has 92 valence electrons. The maximum Gasteiger partial charge on any atom is 0.294 e. The quantitative estimate of drug-likeness (QED) is 0.316. The third kappa shape index (κ3) is 2.99. The number of hydrogen-bond donors (Lipinski definition) is 3. The Morgan fingerprint density at radius 3 is 2.83 bits per heavy atom. The molecule has 0 aliphatic rings. The van der Waals surface area contributed by atoms with E-state index in [1.807, 2.05) is 0 Å². The number of rotatable bonds is 4. The number of benzene rings is 1. The van der Waals surface area contributed by atoms with Crippen LogP contribution in [-0.4, -0.2) is 16.5 Å². The summed E-state index contributed by atoms with van der Waals surface area (Å²) in [6.07, 6.45) is 0. The summed E-state index contributed by atoms with van der Waals surface area (Å²) < 4.78 is 12.9. The molecule has 0 amide bonds. The smallest absolute Gasteiger partial charge is 0.294 e. The summed E-state index contributed by atoms with van der Waals surface area (Å²) >= 11 is 0. The van der Waals surface area contributed by atoms with Gasteiger partial charge in [-0.15, -0.1) is 0 Å². The number of amidine groups is 1. The molecule has 1 rings (SSSR count). The van der Waals surface area contributed by atoms with Gasteiger partial charge in [-0.25, -0.2) is 4.39 Å². The molecule has 0 heterocycles. The first-order valence-electron chi connectivity index (χ1n) is 4.48. The number of nitro benzene ring substituents is 1. The van der Waals surface area contributed by atoms with Gasteiger partial charge in [0.25, 0.3) is 5.69 Å². The van der Waals surface area contributed by atoms with Crippen LogP contribution in [-0.2, 0) is 0 Å². The average molecular weight is 250 g/mol. The molecule has 1 aromatic carbocycles. The molecule has 0 fully saturated rings. The van der Waals surface area contributed by atoms with Gasteiger partial charge in [-0.1, -0.05) is 0 Å². The van der Waals surface area contributed by atoms with E-state index in [9.17, 15) is 14.5 Å². The van der Waals surface area contributed by atoms with Gasteiger partial charge in [-0.3, -0.25) is 20.9 Å². The number of anilines is 1. The van der Waals surface area contributed by atoms with Crippen molar-refractivity contribution in [3.63, 3.8) is 0 Å². The molecule has 0 atom stereocenters. The van der Waals surface area contributed by atoms with Crippen LogP contribution in [0.5, 0.6) is 0 Å². The molecule has 0 unspecified atom stereocenters. The molecule has 0 radical (unpaired) electrons. The molecule has 0 spiro atoms. The fourth-order valence-electron chi connectivity index (χ4n) is 1.02. The van der Waals surface area contributed by atoms with Gasteiger partial charge in [-0.05, 0) is 6.07 Å². The zero-order valence-corrected chi connectivity index (χ0v) is 8.85. The van der Waals surface area contributed by atoms with Gasteiger partial charge < -0.3 is 5.73 Å². The van der Waals surface area contributed by atoms with Crippen molar-refractivity contribution in [1.29, 1.82) is 10.7 Å². The third-order valence-electron chi connectivity index (χ3n) is 1.80. The molecule has 0 aliphatic heterocycles. The van der Waals surface area contributed by atoms with Gasteiger partial charge in [0, 0.05) is 12.1 Å². The summed E-state index contributed by atoms with van der Waals surface area (Å²) in [5, 5.41) is 29.6. The van der Waals surface area contributed by atoms with E-state index in [0.717, 1.165) is 18.2 Å². The molecule has 0 bridgehead atoms. The highest BCUT2D eigenvalue weighted by atomic mass is 19.1. The van der Waals surface area contributed by atoms with E-state index in [1.54, 1.807) is 0 Å². The minimum Gasteiger partial charge on any atom is -0.382 e.